The number of benzene rings is 1. The van der Waals surface area contributed by atoms with Crippen molar-refractivity contribution in [1.29, 1.82) is 0 Å². The summed E-state index contributed by atoms with van der Waals surface area (Å²) in [6.45, 7) is 3.95. The van der Waals surface area contributed by atoms with Crippen LogP contribution in [0.3, 0.4) is 0 Å². The maximum atomic E-state index is 13.5. The minimum absolute atomic E-state index is 0.0431. The Bertz CT molecular complexity index is 409. The number of carbonyl (C=O) groups is 1. The average molecular weight is 243 g/mol. The van der Waals surface area contributed by atoms with Gasteiger partial charge in [-0.3, -0.25) is 0 Å². The molecule has 0 fully saturated rings. The van der Waals surface area contributed by atoms with Crippen molar-refractivity contribution >= 4 is 23.4 Å². The van der Waals surface area contributed by atoms with Crippen molar-refractivity contribution in [2.75, 3.05) is 5.73 Å². The summed E-state index contributed by atoms with van der Waals surface area (Å²) in [6, 6.07) is 2.36. The van der Waals surface area contributed by atoms with Gasteiger partial charge >= 0.3 is 5.97 Å². The lowest BCUT2D eigenvalue weighted by Gasteiger charge is -2.11. The Labute approximate surface area is 97.8 Å². The molecule has 0 heterocycles. The van der Waals surface area contributed by atoms with Gasteiger partial charge in [0, 0.05) is 15.8 Å². The zero-order valence-electron chi connectivity index (χ0n) is 9.16. The molecule has 0 saturated carbocycles. The van der Waals surface area contributed by atoms with Crippen LogP contribution in [0.1, 0.15) is 30.6 Å². The molecule has 3 N–H and O–H groups in total. The van der Waals surface area contributed by atoms with E-state index in [2.05, 4.69) is 0 Å². The number of hydrogen-bond donors (Lipinski definition) is 2. The summed E-state index contributed by atoms with van der Waals surface area (Å²) in [5.41, 5.74) is 5.33. The van der Waals surface area contributed by atoms with E-state index in [1.165, 1.54) is 17.8 Å². The Kier molecular flexibility index (Phi) is 4.18. The standard InChI is InChI=1S/C11H14FNO2S/c1-3-6(2)16-10-4-7(11(14)15)9(13)5-8(10)12/h4-6H,3,13H2,1-2H3,(H,14,15). The van der Waals surface area contributed by atoms with Crippen LogP contribution in [0.25, 0.3) is 0 Å². The second-order valence-corrected chi connectivity index (χ2v) is 4.99. The number of hydrogen-bond acceptors (Lipinski definition) is 3. The van der Waals surface area contributed by atoms with Gasteiger partial charge in [-0.2, -0.15) is 0 Å². The number of nitrogen functional groups attached to an aromatic ring is 1. The lowest BCUT2D eigenvalue weighted by atomic mass is 10.2. The molecule has 0 radical (unpaired) electrons. The predicted molar refractivity (Wildman–Crippen MR) is 63.4 cm³/mol. The molecule has 1 aromatic rings. The summed E-state index contributed by atoms with van der Waals surface area (Å²) in [7, 11) is 0. The van der Waals surface area contributed by atoms with E-state index in [0.29, 0.717) is 4.90 Å². The van der Waals surface area contributed by atoms with Crippen LogP contribution in [0.4, 0.5) is 10.1 Å². The summed E-state index contributed by atoms with van der Waals surface area (Å²) < 4.78 is 13.5. The highest BCUT2D eigenvalue weighted by atomic mass is 32.2. The molecule has 0 bridgehead atoms. The highest BCUT2D eigenvalue weighted by Crippen LogP contribution is 2.30. The fourth-order valence-electron chi connectivity index (χ4n) is 1.14. The predicted octanol–water partition coefficient (Wildman–Crippen LogP) is 3.00. The highest BCUT2D eigenvalue weighted by Gasteiger charge is 2.14. The van der Waals surface area contributed by atoms with Gasteiger partial charge in [0.25, 0.3) is 0 Å². The zero-order valence-corrected chi connectivity index (χ0v) is 9.97. The van der Waals surface area contributed by atoms with Crippen molar-refractivity contribution < 1.29 is 14.3 Å². The van der Waals surface area contributed by atoms with E-state index in [9.17, 15) is 9.18 Å². The molecule has 0 aliphatic carbocycles. The Morgan fingerprint density at radius 3 is 2.75 bits per heavy atom. The quantitative estimate of drug-likeness (QED) is 0.630. The number of anilines is 1. The van der Waals surface area contributed by atoms with Crippen LogP contribution in [0.5, 0.6) is 0 Å². The SMILES string of the molecule is CCC(C)Sc1cc(C(=O)O)c(N)cc1F. The molecule has 1 atom stereocenters. The number of thioether (sulfide) groups is 1. The Morgan fingerprint density at radius 2 is 2.25 bits per heavy atom. The van der Waals surface area contributed by atoms with Crippen LogP contribution >= 0.6 is 11.8 Å². The van der Waals surface area contributed by atoms with Gasteiger partial charge in [-0.05, 0) is 18.6 Å². The van der Waals surface area contributed by atoms with Crippen LogP contribution < -0.4 is 5.73 Å². The molecule has 16 heavy (non-hydrogen) atoms. The molecular weight excluding hydrogens is 229 g/mol. The third-order valence-electron chi connectivity index (χ3n) is 2.24. The summed E-state index contributed by atoms with van der Waals surface area (Å²) in [4.78, 5) is 11.2. The Morgan fingerprint density at radius 1 is 1.62 bits per heavy atom. The largest absolute Gasteiger partial charge is 0.478 e. The van der Waals surface area contributed by atoms with E-state index in [1.807, 2.05) is 13.8 Å². The third kappa shape index (κ3) is 2.88. The lowest BCUT2D eigenvalue weighted by Crippen LogP contribution is -2.04. The monoisotopic (exact) mass is 243 g/mol. The molecule has 0 aliphatic heterocycles. The summed E-state index contributed by atoms with van der Waals surface area (Å²) in [5.74, 6) is -1.60. The van der Waals surface area contributed by atoms with E-state index in [4.69, 9.17) is 10.8 Å². The van der Waals surface area contributed by atoms with Crippen molar-refractivity contribution in [2.45, 2.75) is 30.4 Å². The van der Waals surface area contributed by atoms with Crippen LogP contribution in [0.2, 0.25) is 0 Å². The Hall–Kier alpha value is -1.23. The molecule has 0 saturated heterocycles. The van der Waals surface area contributed by atoms with Gasteiger partial charge in [-0.15, -0.1) is 11.8 Å². The molecule has 0 spiro atoms. The number of aromatic carboxylic acids is 1. The zero-order chi connectivity index (χ0) is 12.3. The maximum Gasteiger partial charge on any atom is 0.337 e. The molecule has 3 nitrogen and oxygen atoms in total. The van der Waals surface area contributed by atoms with Crippen LogP contribution in [0, 0.1) is 5.82 Å². The van der Waals surface area contributed by atoms with Gasteiger partial charge in [0.15, 0.2) is 0 Å². The van der Waals surface area contributed by atoms with E-state index in [1.54, 1.807) is 0 Å². The van der Waals surface area contributed by atoms with Crippen molar-refractivity contribution in [3.63, 3.8) is 0 Å². The third-order valence-corrected chi connectivity index (χ3v) is 3.54. The molecule has 0 aliphatic rings. The Balaban J connectivity index is 3.09. The van der Waals surface area contributed by atoms with Crippen molar-refractivity contribution in [3.8, 4) is 0 Å². The lowest BCUT2D eigenvalue weighted by molar-refractivity contribution is 0.0697. The van der Waals surface area contributed by atoms with Crippen molar-refractivity contribution in [2.24, 2.45) is 0 Å². The van der Waals surface area contributed by atoms with Gasteiger partial charge < -0.3 is 10.8 Å². The molecule has 1 unspecified atom stereocenters. The highest BCUT2D eigenvalue weighted by molar-refractivity contribution is 8.00. The molecule has 1 rings (SSSR count). The first-order chi connectivity index (χ1) is 7.45. The molecular formula is C11H14FNO2S. The normalized spacial score (nSPS) is 12.4. The smallest absolute Gasteiger partial charge is 0.337 e. The van der Waals surface area contributed by atoms with E-state index in [0.717, 1.165) is 12.5 Å². The summed E-state index contributed by atoms with van der Waals surface area (Å²) in [6.07, 6.45) is 0.886. The first-order valence-corrected chi connectivity index (χ1v) is 5.82. The number of halogens is 1. The molecule has 88 valence electrons. The van der Waals surface area contributed by atoms with Gasteiger partial charge in [-0.25, -0.2) is 9.18 Å². The van der Waals surface area contributed by atoms with Crippen molar-refractivity contribution in [3.05, 3.63) is 23.5 Å². The summed E-state index contributed by atoms with van der Waals surface area (Å²) >= 11 is 1.32. The first-order valence-electron chi connectivity index (χ1n) is 4.94. The molecule has 1 aromatic carbocycles. The second kappa shape index (κ2) is 5.21. The van der Waals surface area contributed by atoms with E-state index >= 15 is 0 Å². The van der Waals surface area contributed by atoms with Gasteiger partial charge in [0.1, 0.15) is 5.82 Å². The van der Waals surface area contributed by atoms with Gasteiger partial charge in [0.05, 0.1) is 5.56 Å². The van der Waals surface area contributed by atoms with E-state index in [-0.39, 0.29) is 16.5 Å². The number of rotatable bonds is 4. The fourth-order valence-corrected chi connectivity index (χ4v) is 2.10. The average Bonchev–Trinajstić information content (AvgIpc) is 2.21. The van der Waals surface area contributed by atoms with Crippen LogP contribution in [-0.4, -0.2) is 16.3 Å². The van der Waals surface area contributed by atoms with E-state index < -0.39 is 11.8 Å². The number of carboxylic acids is 1. The molecule has 5 heteroatoms. The van der Waals surface area contributed by atoms with Gasteiger partial charge in [0.2, 0.25) is 0 Å². The van der Waals surface area contributed by atoms with Crippen molar-refractivity contribution in [1.82, 2.24) is 0 Å². The number of nitrogens with two attached hydrogens (primary N) is 1. The van der Waals surface area contributed by atoms with Crippen LogP contribution in [-0.2, 0) is 0 Å². The van der Waals surface area contributed by atoms with Gasteiger partial charge in [-0.1, -0.05) is 13.8 Å². The minimum atomic E-state index is -1.14. The summed E-state index contributed by atoms with van der Waals surface area (Å²) in [5, 5.41) is 9.10. The first kappa shape index (κ1) is 12.8. The fraction of sp³-hybridized carbons (Fsp3) is 0.364. The van der Waals surface area contributed by atoms with Crippen LogP contribution in [0.15, 0.2) is 17.0 Å². The number of carboxylic acid groups (broad SMARTS) is 1. The molecule has 0 amide bonds. The second-order valence-electron chi connectivity index (χ2n) is 3.51. The minimum Gasteiger partial charge on any atom is -0.478 e. The molecule has 0 aromatic heterocycles. The topological polar surface area (TPSA) is 63.3 Å². The maximum absolute atomic E-state index is 13.5.